The fraction of sp³-hybridized carbons (Fsp3) is 0.429. The van der Waals surface area contributed by atoms with Crippen LogP contribution in [0, 0.1) is 5.82 Å². The fourth-order valence-corrected chi connectivity index (χ4v) is 2.01. The third kappa shape index (κ3) is 4.86. The van der Waals surface area contributed by atoms with E-state index in [4.69, 9.17) is 18.0 Å². The number of nitrogens with one attached hydrogen (secondary N) is 1. The normalized spacial score (nSPS) is 10.6. The third-order valence-electron chi connectivity index (χ3n) is 2.89. The van der Waals surface area contributed by atoms with Crippen molar-refractivity contribution in [2.45, 2.75) is 20.4 Å². The number of nitrogens with two attached hydrogens (primary N) is 1. The predicted octanol–water partition coefficient (Wildman–Crippen LogP) is 1.42. The summed E-state index contributed by atoms with van der Waals surface area (Å²) in [5, 5.41) is 2.75. The molecule has 0 aliphatic carbocycles. The van der Waals surface area contributed by atoms with E-state index in [0.717, 1.165) is 12.1 Å². The monoisotopic (exact) mass is 297 g/mol. The molecule has 1 aromatic rings. The molecule has 20 heavy (non-hydrogen) atoms. The van der Waals surface area contributed by atoms with Crippen LogP contribution in [0.2, 0.25) is 0 Å². The van der Waals surface area contributed by atoms with Crippen LogP contribution in [0.1, 0.15) is 25.0 Å². The van der Waals surface area contributed by atoms with Crippen molar-refractivity contribution in [1.29, 1.82) is 0 Å². The van der Waals surface area contributed by atoms with Crippen LogP contribution in [0.4, 0.5) is 4.39 Å². The highest BCUT2D eigenvalue weighted by Gasteiger charge is 2.11. The number of nitrogens with zero attached hydrogens (tertiary/aromatic N) is 1. The first-order valence-electron chi connectivity index (χ1n) is 6.55. The Morgan fingerprint density at radius 2 is 2.15 bits per heavy atom. The molecule has 0 saturated carbocycles. The van der Waals surface area contributed by atoms with Gasteiger partial charge in [-0.05, 0) is 31.2 Å². The van der Waals surface area contributed by atoms with Gasteiger partial charge in [-0.15, -0.1) is 0 Å². The summed E-state index contributed by atoms with van der Waals surface area (Å²) in [5.74, 6) is -0.445. The molecule has 0 heterocycles. The Balaban J connectivity index is 2.77. The number of likely N-dealkylation sites (N-methyl/N-ethyl adjacent to an activating group) is 2. The molecule has 0 aliphatic rings. The molecule has 110 valence electrons. The maximum absolute atomic E-state index is 13.5. The lowest BCUT2D eigenvalue weighted by Gasteiger charge is -2.20. The minimum Gasteiger partial charge on any atom is -0.389 e. The van der Waals surface area contributed by atoms with Gasteiger partial charge in [-0.3, -0.25) is 9.69 Å². The van der Waals surface area contributed by atoms with Gasteiger partial charge < -0.3 is 11.1 Å². The Morgan fingerprint density at radius 1 is 1.45 bits per heavy atom. The molecule has 0 bridgehead atoms. The van der Waals surface area contributed by atoms with Crippen molar-refractivity contribution in [3.63, 3.8) is 0 Å². The third-order valence-corrected chi connectivity index (χ3v) is 3.11. The second-order valence-electron chi connectivity index (χ2n) is 4.44. The number of amides is 1. The van der Waals surface area contributed by atoms with Crippen LogP contribution >= 0.6 is 12.2 Å². The van der Waals surface area contributed by atoms with Crippen LogP contribution in [0.3, 0.4) is 0 Å². The molecule has 0 spiro atoms. The van der Waals surface area contributed by atoms with Crippen molar-refractivity contribution < 1.29 is 9.18 Å². The van der Waals surface area contributed by atoms with E-state index in [9.17, 15) is 9.18 Å². The molecule has 1 amide bonds. The number of carbonyl (C=O) groups excluding carboxylic acids is 1. The Morgan fingerprint density at radius 3 is 2.70 bits per heavy atom. The van der Waals surface area contributed by atoms with E-state index in [1.54, 1.807) is 12.1 Å². The van der Waals surface area contributed by atoms with Crippen LogP contribution in [0.15, 0.2) is 18.2 Å². The summed E-state index contributed by atoms with van der Waals surface area (Å²) in [6, 6.07) is 4.67. The summed E-state index contributed by atoms with van der Waals surface area (Å²) in [5.41, 5.74) is 6.60. The summed E-state index contributed by atoms with van der Waals surface area (Å²) in [7, 11) is 0. The number of hydrogen-bond donors (Lipinski definition) is 2. The number of rotatable bonds is 7. The number of benzene rings is 1. The van der Waals surface area contributed by atoms with E-state index in [1.807, 2.05) is 18.7 Å². The van der Waals surface area contributed by atoms with Crippen molar-refractivity contribution in [2.24, 2.45) is 5.73 Å². The number of carbonyl (C=O) groups is 1. The minimum atomic E-state index is -0.423. The average molecular weight is 297 g/mol. The predicted molar refractivity (Wildman–Crippen MR) is 81.9 cm³/mol. The molecule has 0 radical (unpaired) electrons. The maximum Gasteiger partial charge on any atom is 0.234 e. The molecule has 0 unspecified atom stereocenters. The highest BCUT2D eigenvalue weighted by atomic mass is 32.1. The van der Waals surface area contributed by atoms with Gasteiger partial charge in [0.25, 0.3) is 0 Å². The van der Waals surface area contributed by atoms with Crippen LogP contribution in [-0.4, -0.2) is 35.4 Å². The van der Waals surface area contributed by atoms with E-state index >= 15 is 0 Å². The van der Waals surface area contributed by atoms with Crippen molar-refractivity contribution in [3.05, 3.63) is 35.1 Å². The van der Waals surface area contributed by atoms with Gasteiger partial charge in [0, 0.05) is 18.7 Å². The zero-order chi connectivity index (χ0) is 15.1. The number of hydrogen-bond acceptors (Lipinski definition) is 3. The molecule has 1 aromatic carbocycles. The lowest BCUT2D eigenvalue weighted by molar-refractivity contribution is -0.122. The molecule has 1 rings (SSSR count). The lowest BCUT2D eigenvalue weighted by Crippen LogP contribution is -2.36. The first kappa shape index (κ1) is 16.5. The van der Waals surface area contributed by atoms with Crippen molar-refractivity contribution in [2.75, 3.05) is 19.6 Å². The molecular weight excluding hydrogens is 277 g/mol. The molecular formula is C14H20FN3OS. The van der Waals surface area contributed by atoms with Crippen molar-refractivity contribution in [1.82, 2.24) is 10.2 Å². The zero-order valence-electron chi connectivity index (χ0n) is 11.8. The van der Waals surface area contributed by atoms with E-state index in [2.05, 4.69) is 5.32 Å². The Labute approximate surface area is 124 Å². The molecule has 6 heteroatoms. The largest absolute Gasteiger partial charge is 0.389 e. The summed E-state index contributed by atoms with van der Waals surface area (Å²) >= 11 is 4.82. The van der Waals surface area contributed by atoms with Gasteiger partial charge in [0.05, 0.1) is 6.54 Å². The second-order valence-corrected chi connectivity index (χ2v) is 4.88. The van der Waals surface area contributed by atoms with Crippen LogP contribution in [0.5, 0.6) is 0 Å². The van der Waals surface area contributed by atoms with E-state index in [1.165, 1.54) is 6.07 Å². The van der Waals surface area contributed by atoms with Gasteiger partial charge in [0.15, 0.2) is 0 Å². The summed E-state index contributed by atoms with van der Waals surface area (Å²) < 4.78 is 13.5. The Kier molecular flexibility index (Phi) is 6.54. The quantitative estimate of drug-likeness (QED) is 0.747. The Hall–Kier alpha value is -1.53. The second kappa shape index (κ2) is 7.91. The maximum atomic E-state index is 13.5. The molecule has 0 aliphatic heterocycles. The summed E-state index contributed by atoms with van der Waals surface area (Å²) in [4.78, 5) is 13.6. The molecule has 3 N–H and O–H groups in total. The van der Waals surface area contributed by atoms with Crippen LogP contribution in [0.25, 0.3) is 0 Å². The molecule has 0 saturated heterocycles. The van der Waals surface area contributed by atoms with Gasteiger partial charge >= 0.3 is 0 Å². The minimum absolute atomic E-state index is 0.0222. The van der Waals surface area contributed by atoms with Crippen LogP contribution < -0.4 is 11.1 Å². The molecule has 0 atom stereocenters. The Bertz CT molecular complexity index is 493. The van der Waals surface area contributed by atoms with Gasteiger partial charge in [-0.25, -0.2) is 4.39 Å². The average Bonchev–Trinajstić information content (AvgIpc) is 2.40. The van der Waals surface area contributed by atoms with E-state index < -0.39 is 5.82 Å². The lowest BCUT2D eigenvalue weighted by atomic mass is 10.1. The van der Waals surface area contributed by atoms with Crippen LogP contribution in [-0.2, 0) is 11.3 Å². The molecule has 4 nitrogen and oxygen atoms in total. The number of thiocarbonyl (C=S) groups is 1. The van der Waals surface area contributed by atoms with Gasteiger partial charge in [0.1, 0.15) is 10.8 Å². The molecule has 0 aromatic heterocycles. The van der Waals surface area contributed by atoms with E-state index in [0.29, 0.717) is 19.6 Å². The van der Waals surface area contributed by atoms with Gasteiger partial charge in [0.2, 0.25) is 5.91 Å². The first-order valence-corrected chi connectivity index (χ1v) is 6.96. The van der Waals surface area contributed by atoms with Gasteiger partial charge in [-0.2, -0.15) is 0 Å². The highest BCUT2D eigenvalue weighted by molar-refractivity contribution is 7.80. The first-order chi connectivity index (χ1) is 9.47. The standard InChI is InChI=1S/C14H20FN3OS/c1-3-17-13(19)9-18(4-2)8-10-5-6-12(15)11(7-10)14(16)20/h5-7H,3-4,8-9H2,1-2H3,(H2,16,20)(H,17,19). The fourth-order valence-electron chi connectivity index (χ4n) is 1.85. The zero-order valence-corrected chi connectivity index (χ0v) is 12.6. The van der Waals surface area contributed by atoms with E-state index in [-0.39, 0.29) is 16.5 Å². The van der Waals surface area contributed by atoms with Crippen molar-refractivity contribution in [3.8, 4) is 0 Å². The summed E-state index contributed by atoms with van der Waals surface area (Å²) in [6.07, 6.45) is 0. The van der Waals surface area contributed by atoms with Crippen molar-refractivity contribution >= 4 is 23.1 Å². The smallest absolute Gasteiger partial charge is 0.234 e. The van der Waals surface area contributed by atoms with Gasteiger partial charge in [-0.1, -0.05) is 25.2 Å². The molecule has 0 fully saturated rings. The topological polar surface area (TPSA) is 58.4 Å². The highest BCUT2D eigenvalue weighted by Crippen LogP contribution is 2.12. The SMILES string of the molecule is CCNC(=O)CN(CC)Cc1ccc(F)c(C(N)=S)c1. The number of halogens is 1. The summed E-state index contributed by atoms with van der Waals surface area (Å²) in [6.45, 7) is 6.03.